The Morgan fingerprint density at radius 3 is 2.50 bits per heavy atom. The fourth-order valence-corrected chi connectivity index (χ4v) is 0.755. The SMILES string of the molecule is CC(=O)/C=C/CCC/C=C/C=O. The zero-order chi connectivity index (χ0) is 9.23. The van der Waals surface area contributed by atoms with Gasteiger partial charge in [-0.05, 0) is 38.3 Å². The highest BCUT2D eigenvalue weighted by atomic mass is 16.1. The minimum absolute atomic E-state index is 0.0819. The van der Waals surface area contributed by atoms with Crippen molar-refractivity contribution in [3.8, 4) is 0 Å². The van der Waals surface area contributed by atoms with Gasteiger partial charge in [-0.1, -0.05) is 12.2 Å². The van der Waals surface area contributed by atoms with Crippen LogP contribution in [-0.2, 0) is 9.59 Å². The van der Waals surface area contributed by atoms with E-state index < -0.39 is 0 Å². The molecule has 0 aliphatic heterocycles. The first-order valence-corrected chi connectivity index (χ1v) is 4.04. The summed E-state index contributed by atoms with van der Waals surface area (Å²) in [6.45, 7) is 1.53. The molecule has 12 heavy (non-hydrogen) atoms. The number of carbonyl (C=O) groups excluding carboxylic acids is 2. The molecular weight excluding hydrogens is 152 g/mol. The Morgan fingerprint density at radius 1 is 1.25 bits per heavy atom. The number of aldehydes is 1. The van der Waals surface area contributed by atoms with Crippen LogP contribution in [0.2, 0.25) is 0 Å². The van der Waals surface area contributed by atoms with Gasteiger partial charge in [0.2, 0.25) is 0 Å². The molecule has 0 saturated carbocycles. The molecule has 0 bridgehead atoms. The molecule has 0 aromatic rings. The van der Waals surface area contributed by atoms with E-state index in [0.29, 0.717) is 0 Å². The standard InChI is InChI=1S/C10H14O2/c1-10(12)8-6-4-2-3-5-7-9-11/h5-9H,2-4H2,1H3/b7-5+,8-6+. The molecule has 0 rings (SSSR count). The fraction of sp³-hybridized carbons (Fsp3) is 0.400. The quantitative estimate of drug-likeness (QED) is 0.344. The number of allylic oxidation sites excluding steroid dienone is 4. The molecule has 66 valence electrons. The van der Waals surface area contributed by atoms with Crippen molar-refractivity contribution in [1.82, 2.24) is 0 Å². The van der Waals surface area contributed by atoms with Gasteiger partial charge in [0.15, 0.2) is 5.78 Å². The van der Waals surface area contributed by atoms with Crippen molar-refractivity contribution in [1.29, 1.82) is 0 Å². The fourth-order valence-electron chi connectivity index (χ4n) is 0.755. The Bertz CT molecular complexity index is 190. The summed E-state index contributed by atoms with van der Waals surface area (Å²) in [6.07, 6.45) is 10.3. The van der Waals surface area contributed by atoms with E-state index in [1.807, 2.05) is 12.2 Å². The molecule has 2 nitrogen and oxygen atoms in total. The Morgan fingerprint density at radius 2 is 1.92 bits per heavy atom. The van der Waals surface area contributed by atoms with Crippen LogP contribution in [0.3, 0.4) is 0 Å². The third kappa shape index (κ3) is 8.82. The van der Waals surface area contributed by atoms with Gasteiger partial charge in [-0.3, -0.25) is 9.59 Å². The summed E-state index contributed by atoms with van der Waals surface area (Å²) in [5.74, 6) is 0.0819. The average molecular weight is 166 g/mol. The highest BCUT2D eigenvalue weighted by molar-refractivity contribution is 5.87. The first-order valence-electron chi connectivity index (χ1n) is 4.04. The molecule has 0 aliphatic rings. The maximum absolute atomic E-state index is 10.4. The Kier molecular flexibility index (Phi) is 7.14. The summed E-state index contributed by atoms with van der Waals surface area (Å²) in [5, 5.41) is 0. The lowest BCUT2D eigenvalue weighted by Gasteiger charge is -1.87. The second kappa shape index (κ2) is 7.92. The molecule has 0 fully saturated rings. The van der Waals surface area contributed by atoms with Gasteiger partial charge in [-0.2, -0.15) is 0 Å². The number of hydrogen-bond acceptors (Lipinski definition) is 2. The topological polar surface area (TPSA) is 34.1 Å². The second-order valence-corrected chi connectivity index (χ2v) is 2.51. The van der Waals surface area contributed by atoms with Crippen LogP contribution < -0.4 is 0 Å². The first-order chi connectivity index (χ1) is 5.77. The minimum Gasteiger partial charge on any atom is -0.299 e. The molecule has 0 N–H and O–H groups in total. The molecule has 0 aromatic carbocycles. The van der Waals surface area contributed by atoms with E-state index in [1.165, 1.54) is 13.0 Å². The van der Waals surface area contributed by atoms with E-state index in [1.54, 1.807) is 6.08 Å². The van der Waals surface area contributed by atoms with Crippen molar-refractivity contribution in [3.05, 3.63) is 24.3 Å². The molecule has 0 heterocycles. The maximum Gasteiger partial charge on any atom is 0.152 e. The van der Waals surface area contributed by atoms with Crippen molar-refractivity contribution >= 4 is 12.1 Å². The van der Waals surface area contributed by atoms with Gasteiger partial charge in [0.1, 0.15) is 6.29 Å². The van der Waals surface area contributed by atoms with E-state index >= 15 is 0 Å². The monoisotopic (exact) mass is 166 g/mol. The van der Waals surface area contributed by atoms with E-state index in [4.69, 9.17) is 0 Å². The van der Waals surface area contributed by atoms with Crippen molar-refractivity contribution in [2.45, 2.75) is 26.2 Å². The molecular formula is C10H14O2. The van der Waals surface area contributed by atoms with E-state index in [0.717, 1.165) is 25.5 Å². The maximum atomic E-state index is 10.4. The van der Waals surface area contributed by atoms with E-state index in [9.17, 15) is 9.59 Å². The number of ketones is 1. The van der Waals surface area contributed by atoms with Crippen LogP contribution in [-0.4, -0.2) is 12.1 Å². The molecule has 0 aliphatic carbocycles. The van der Waals surface area contributed by atoms with Gasteiger partial charge in [0, 0.05) is 0 Å². The predicted molar refractivity (Wildman–Crippen MR) is 48.9 cm³/mol. The van der Waals surface area contributed by atoms with E-state index in [-0.39, 0.29) is 5.78 Å². The number of hydrogen-bond donors (Lipinski definition) is 0. The van der Waals surface area contributed by atoms with Gasteiger partial charge in [-0.15, -0.1) is 0 Å². The van der Waals surface area contributed by atoms with Crippen molar-refractivity contribution in [3.63, 3.8) is 0 Å². The van der Waals surface area contributed by atoms with Crippen LogP contribution >= 0.6 is 0 Å². The zero-order valence-corrected chi connectivity index (χ0v) is 7.32. The van der Waals surface area contributed by atoms with Crippen molar-refractivity contribution in [2.24, 2.45) is 0 Å². The van der Waals surface area contributed by atoms with Gasteiger partial charge < -0.3 is 0 Å². The predicted octanol–water partition coefficient (Wildman–Crippen LogP) is 2.06. The van der Waals surface area contributed by atoms with Crippen molar-refractivity contribution in [2.75, 3.05) is 0 Å². The summed E-state index contributed by atoms with van der Waals surface area (Å²) in [7, 11) is 0. The third-order valence-corrected chi connectivity index (χ3v) is 1.31. The molecule has 0 radical (unpaired) electrons. The number of unbranched alkanes of at least 4 members (excludes halogenated alkanes) is 2. The van der Waals surface area contributed by atoms with Gasteiger partial charge >= 0.3 is 0 Å². The number of rotatable bonds is 6. The largest absolute Gasteiger partial charge is 0.299 e. The lowest BCUT2D eigenvalue weighted by molar-refractivity contribution is -0.112. The van der Waals surface area contributed by atoms with Crippen molar-refractivity contribution < 1.29 is 9.59 Å². The van der Waals surface area contributed by atoms with Crippen LogP contribution in [0.25, 0.3) is 0 Å². The minimum atomic E-state index is 0.0819. The second-order valence-electron chi connectivity index (χ2n) is 2.51. The summed E-state index contributed by atoms with van der Waals surface area (Å²) < 4.78 is 0. The molecule has 0 aromatic heterocycles. The lowest BCUT2D eigenvalue weighted by Crippen LogP contribution is -1.79. The Balaban J connectivity index is 3.26. The first kappa shape index (κ1) is 10.8. The molecule has 0 atom stereocenters. The summed E-state index contributed by atoms with van der Waals surface area (Å²) in [4.78, 5) is 20.3. The lowest BCUT2D eigenvalue weighted by atomic mass is 10.2. The summed E-state index contributed by atoms with van der Waals surface area (Å²) >= 11 is 0. The van der Waals surface area contributed by atoms with Crippen LogP contribution in [0.5, 0.6) is 0 Å². The smallest absolute Gasteiger partial charge is 0.152 e. The Labute approximate surface area is 73.0 Å². The summed E-state index contributed by atoms with van der Waals surface area (Å²) in [5.41, 5.74) is 0. The molecule has 0 saturated heterocycles. The highest BCUT2D eigenvalue weighted by Crippen LogP contribution is 1.97. The summed E-state index contributed by atoms with van der Waals surface area (Å²) in [6, 6.07) is 0. The van der Waals surface area contributed by atoms with Crippen LogP contribution in [0.15, 0.2) is 24.3 Å². The third-order valence-electron chi connectivity index (χ3n) is 1.31. The van der Waals surface area contributed by atoms with Gasteiger partial charge in [0.05, 0.1) is 0 Å². The van der Waals surface area contributed by atoms with Gasteiger partial charge in [-0.25, -0.2) is 0 Å². The normalized spacial score (nSPS) is 11.1. The van der Waals surface area contributed by atoms with Crippen LogP contribution in [0.1, 0.15) is 26.2 Å². The van der Waals surface area contributed by atoms with Gasteiger partial charge in [0.25, 0.3) is 0 Å². The van der Waals surface area contributed by atoms with E-state index in [2.05, 4.69) is 0 Å². The van der Waals surface area contributed by atoms with Crippen LogP contribution in [0.4, 0.5) is 0 Å². The number of carbonyl (C=O) groups is 2. The molecule has 0 unspecified atom stereocenters. The Hall–Kier alpha value is -1.18. The molecule has 0 amide bonds. The highest BCUT2D eigenvalue weighted by Gasteiger charge is 1.82. The molecule has 0 spiro atoms. The molecule has 2 heteroatoms. The van der Waals surface area contributed by atoms with Crippen LogP contribution in [0, 0.1) is 0 Å². The zero-order valence-electron chi connectivity index (χ0n) is 7.32. The average Bonchev–Trinajstić information content (AvgIpc) is 2.02.